The average molecular weight is 323 g/mol. The fourth-order valence-electron chi connectivity index (χ4n) is 3.22. The van der Waals surface area contributed by atoms with Crippen LogP contribution in [0.4, 0.5) is 5.69 Å². The number of anilines is 1. The monoisotopic (exact) mass is 323 g/mol. The Kier molecular flexibility index (Phi) is 5.26. The van der Waals surface area contributed by atoms with Crippen molar-refractivity contribution in [2.24, 2.45) is 5.92 Å². The summed E-state index contributed by atoms with van der Waals surface area (Å²) >= 11 is 0. The summed E-state index contributed by atoms with van der Waals surface area (Å²) in [5.41, 5.74) is 4.59. The van der Waals surface area contributed by atoms with Crippen LogP contribution < -0.4 is 5.32 Å². The van der Waals surface area contributed by atoms with Crippen molar-refractivity contribution in [2.45, 2.75) is 33.2 Å². The lowest BCUT2D eigenvalue weighted by Crippen LogP contribution is -2.37. The summed E-state index contributed by atoms with van der Waals surface area (Å²) in [6, 6.07) is 10.2. The van der Waals surface area contributed by atoms with Crippen molar-refractivity contribution in [1.29, 1.82) is 0 Å². The normalized spacial score (nSPS) is 16.1. The zero-order valence-corrected chi connectivity index (χ0v) is 14.5. The number of rotatable bonds is 4. The highest BCUT2D eigenvalue weighted by Gasteiger charge is 2.25. The molecule has 1 N–H and O–H groups in total. The Morgan fingerprint density at radius 1 is 1.17 bits per heavy atom. The summed E-state index contributed by atoms with van der Waals surface area (Å²) in [7, 11) is 0. The second-order valence-corrected chi connectivity index (χ2v) is 6.64. The summed E-state index contributed by atoms with van der Waals surface area (Å²) in [6.45, 7) is 7.00. The number of pyridine rings is 1. The molecule has 0 saturated carbocycles. The minimum absolute atomic E-state index is 0.110. The molecular formula is C20H25N3O. The van der Waals surface area contributed by atoms with Gasteiger partial charge >= 0.3 is 0 Å². The van der Waals surface area contributed by atoms with Gasteiger partial charge in [0.25, 0.3) is 0 Å². The van der Waals surface area contributed by atoms with E-state index in [4.69, 9.17) is 0 Å². The van der Waals surface area contributed by atoms with Gasteiger partial charge in [-0.25, -0.2) is 0 Å². The molecular weight excluding hydrogens is 298 g/mol. The van der Waals surface area contributed by atoms with E-state index in [9.17, 15) is 4.79 Å². The predicted molar refractivity (Wildman–Crippen MR) is 96.8 cm³/mol. The third-order valence-corrected chi connectivity index (χ3v) is 4.98. The number of hydrogen-bond acceptors (Lipinski definition) is 3. The zero-order valence-electron chi connectivity index (χ0n) is 14.5. The number of amides is 1. The standard InChI is InChI=1S/C20H25N3O/c1-15-4-3-5-19(16(15)2)22-20(24)18-8-12-23(13-9-18)14-17-6-10-21-11-7-17/h3-7,10-11,18H,8-9,12-14H2,1-2H3,(H,22,24). The molecule has 126 valence electrons. The topological polar surface area (TPSA) is 45.2 Å². The number of hydrogen-bond donors (Lipinski definition) is 1. The van der Waals surface area contributed by atoms with Crippen molar-refractivity contribution >= 4 is 11.6 Å². The number of likely N-dealkylation sites (tertiary alicyclic amines) is 1. The molecule has 1 aromatic carbocycles. The molecule has 0 radical (unpaired) electrons. The number of aryl methyl sites for hydroxylation is 1. The largest absolute Gasteiger partial charge is 0.326 e. The van der Waals surface area contributed by atoms with Gasteiger partial charge in [-0.15, -0.1) is 0 Å². The highest BCUT2D eigenvalue weighted by atomic mass is 16.1. The van der Waals surface area contributed by atoms with Crippen LogP contribution in [0.2, 0.25) is 0 Å². The first-order chi connectivity index (χ1) is 11.6. The number of benzene rings is 1. The summed E-state index contributed by atoms with van der Waals surface area (Å²) in [4.78, 5) is 19.0. The number of aromatic nitrogens is 1. The van der Waals surface area contributed by atoms with Gasteiger partial charge in [0.2, 0.25) is 5.91 Å². The Morgan fingerprint density at radius 3 is 2.58 bits per heavy atom. The summed E-state index contributed by atoms with van der Waals surface area (Å²) in [5, 5.41) is 3.12. The second kappa shape index (κ2) is 7.58. The SMILES string of the molecule is Cc1cccc(NC(=O)C2CCN(Cc3ccncc3)CC2)c1C. The maximum absolute atomic E-state index is 12.6. The molecule has 0 unspecified atom stereocenters. The molecule has 4 nitrogen and oxygen atoms in total. The van der Waals surface area contributed by atoms with E-state index in [1.165, 1.54) is 11.1 Å². The third kappa shape index (κ3) is 4.01. The molecule has 2 aromatic rings. The minimum Gasteiger partial charge on any atom is -0.326 e. The number of carbonyl (C=O) groups is 1. The van der Waals surface area contributed by atoms with Crippen LogP contribution in [0, 0.1) is 19.8 Å². The van der Waals surface area contributed by atoms with E-state index >= 15 is 0 Å². The van der Waals surface area contributed by atoms with Gasteiger partial charge in [-0.1, -0.05) is 12.1 Å². The molecule has 24 heavy (non-hydrogen) atoms. The van der Waals surface area contributed by atoms with Gasteiger partial charge in [0, 0.05) is 30.5 Å². The van der Waals surface area contributed by atoms with Gasteiger partial charge in [-0.05, 0) is 74.7 Å². The van der Waals surface area contributed by atoms with Crippen LogP contribution in [0.25, 0.3) is 0 Å². The number of nitrogens with zero attached hydrogens (tertiary/aromatic N) is 2. The van der Waals surface area contributed by atoms with Crippen LogP contribution in [-0.2, 0) is 11.3 Å². The molecule has 1 saturated heterocycles. The first kappa shape index (κ1) is 16.7. The highest BCUT2D eigenvalue weighted by molar-refractivity contribution is 5.93. The van der Waals surface area contributed by atoms with Gasteiger partial charge in [-0.3, -0.25) is 14.7 Å². The quantitative estimate of drug-likeness (QED) is 0.936. The van der Waals surface area contributed by atoms with Crippen molar-refractivity contribution in [2.75, 3.05) is 18.4 Å². The maximum Gasteiger partial charge on any atom is 0.227 e. The molecule has 1 aliphatic rings. The van der Waals surface area contributed by atoms with E-state index in [0.717, 1.165) is 43.7 Å². The first-order valence-corrected chi connectivity index (χ1v) is 8.62. The van der Waals surface area contributed by atoms with Gasteiger partial charge < -0.3 is 5.32 Å². The first-order valence-electron chi connectivity index (χ1n) is 8.62. The molecule has 1 aromatic heterocycles. The summed E-state index contributed by atoms with van der Waals surface area (Å²) in [5.74, 6) is 0.269. The predicted octanol–water partition coefficient (Wildman–Crippen LogP) is 3.55. The van der Waals surface area contributed by atoms with Crippen LogP contribution in [0.15, 0.2) is 42.7 Å². The Bertz CT molecular complexity index is 691. The average Bonchev–Trinajstić information content (AvgIpc) is 2.60. The Morgan fingerprint density at radius 2 is 1.88 bits per heavy atom. The van der Waals surface area contributed by atoms with Crippen molar-refractivity contribution in [3.8, 4) is 0 Å². The molecule has 4 heteroatoms. The van der Waals surface area contributed by atoms with Gasteiger partial charge in [0.15, 0.2) is 0 Å². The molecule has 0 bridgehead atoms. The summed E-state index contributed by atoms with van der Waals surface area (Å²) < 4.78 is 0. The number of nitrogens with one attached hydrogen (secondary N) is 1. The Balaban J connectivity index is 1.52. The Hall–Kier alpha value is -2.20. The van der Waals surface area contributed by atoms with Crippen LogP contribution in [0.5, 0.6) is 0 Å². The molecule has 2 heterocycles. The fraction of sp³-hybridized carbons (Fsp3) is 0.400. The zero-order chi connectivity index (χ0) is 16.9. The van der Waals surface area contributed by atoms with Crippen LogP contribution in [-0.4, -0.2) is 28.9 Å². The third-order valence-electron chi connectivity index (χ3n) is 4.98. The lowest BCUT2D eigenvalue weighted by Gasteiger charge is -2.31. The van der Waals surface area contributed by atoms with Crippen molar-refractivity contribution < 1.29 is 4.79 Å². The second-order valence-electron chi connectivity index (χ2n) is 6.64. The van der Waals surface area contributed by atoms with Crippen molar-refractivity contribution in [3.63, 3.8) is 0 Å². The fourth-order valence-corrected chi connectivity index (χ4v) is 3.22. The van der Waals surface area contributed by atoms with Crippen LogP contribution in [0.3, 0.4) is 0 Å². The van der Waals surface area contributed by atoms with E-state index in [0.29, 0.717) is 0 Å². The number of carbonyl (C=O) groups excluding carboxylic acids is 1. The maximum atomic E-state index is 12.6. The van der Waals surface area contributed by atoms with Crippen LogP contribution in [0.1, 0.15) is 29.5 Å². The lowest BCUT2D eigenvalue weighted by atomic mass is 9.95. The van der Waals surface area contributed by atoms with E-state index in [1.807, 2.05) is 24.5 Å². The van der Waals surface area contributed by atoms with Gasteiger partial charge in [-0.2, -0.15) is 0 Å². The molecule has 1 fully saturated rings. The molecule has 3 rings (SSSR count). The molecule has 0 aliphatic carbocycles. The van der Waals surface area contributed by atoms with E-state index in [2.05, 4.69) is 47.2 Å². The van der Waals surface area contributed by atoms with Crippen LogP contribution >= 0.6 is 0 Å². The molecule has 0 atom stereocenters. The molecule has 1 aliphatic heterocycles. The van der Waals surface area contributed by atoms with E-state index in [-0.39, 0.29) is 11.8 Å². The smallest absolute Gasteiger partial charge is 0.227 e. The molecule has 1 amide bonds. The van der Waals surface area contributed by atoms with Crippen molar-refractivity contribution in [3.05, 3.63) is 59.4 Å². The van der Waals surface area contributed by atoms with E-state index < -0.39 is 0 Å². The van der Waals surface area contributed by atoms with Gasteiger partial charge in [0.1, 0.15) is 0 Å². The minimum atomic E-state index is 0.110. The summed E-state index contributed by atoms with van der Waals surface area (Å²) in [6.07, 6.45) is 5.50. The van der Waals surface area contributed by atoms with E-state index in [1.54, 1.807) is 0 Å². The van der Waals surface area contributed by atoms with Crippen molar-refractivity contribution in [1.82, 2.24) is 9.88 Å². The molecule has 0 spiro atoms. The lowest BCUT2D eigenvalue weighted by molar-refractivity contribution is -0.121. The Labute approximate surface area is 143 Å². The number of piperidine rings is 1. The van der Waals surface area contributed by atoms with Gasteiger partial charge in [0.05, 0.1) is 0 Å². The highest BCUT2D eigenvalue weighted by Crippen LogP contribution is 2.23.